The molecule has 0 spiro atoms. The maximum Gasteiger partial charge on any atom is 0.407 e. The molecular weight excluding hydrogens is 358 g/mol. The molecule has 8 heteroatoms. The minimum absolute atomic E-state index is 0.271. The van der Waals surface area contributed by atoms with Crippen molar-refractivity contribution >= 4 is 34.3 Å². The van der Waals surface area contributed by atoms with Crippen molar-refractivity contribution in [2.24, 2.45) is 0 Å². The number of hydrogen-bond acceptors (Lipinski definition) is 6. The van der Waals surface area contributed by atoms with Crippen LogP contribution in [0.3, 0.4) is 0 Å². The number of carbonyl (C=O) groups is 3. The summed E-state index contributed by atoms with van der Waals surface area (Å²) in [5, 5.41) is 19.7. The van der Waals surface area contributed by atoms with Crippen LogP contribution in [0.5, 0.6) is 5.75 Å². The van der Waals surface area contributed by atoms with Crippen LogP contribution in [0.25, 0.3) is 4.91 Å². The number of allylic oxidation sites excluding steroid dienone is 1. The Morgan fingerprint density at radius 1 is 1.27 bits per heavy atom. The van der Waals surface area contributed by atoms with Crippen molar-refractivity contribution in [1.29, 1.82) is 0 Å². The van der Waals surface area contributed by atoms with Gasteiger partial charge in [0.1, 0.15) is 5.75 Å². The molecule has 1 aliphatic carbocycles. The second-order valence-electron chi connectivity index (χ2n) is 6.40. The Morgan fingerprint density at radius 3 is 2.58 bits per heavy atom. The van der Waals surface area contributed by atoms with Crippen LogP contribution in [0.1, 0.15) is 28.8 Å². The number of piperidine rings is 1. The average molecular weight is 377 g/mol. The first-order valence-corrected chi connectivity index (χ1v) is 9.13. The number of aliphatic hydroxyl groups is 1. The maximum absolute atomic E-state index is 12.1. The lowest BCUT2D eigenvalue weighted by Gasteiger charge is -2.37. The smallest absolute Gasteiger partial charge is 0.407 e. The van der Waals surface area contributed by atoms with Crippen LogP contribution in [-0.4, -0.2) is 64.3 Å². The number of carboxylic acid groups (broad SMARTS) is 1. The molecule has 2 N–H and O–H groups in total. The molecule has 7 nitrogen and oxygen atoms in total. The summed E-state index contributed by atoms with van der Waals surface area (Å²) in [6.45, 7) is 0.542. The highest BCUT2D eigenvalue weighted by atomic mass is 32.2. The van der Waals surface area contributed by atoms with Gasteiger partial charge in [0, 0.05) is 41.0 Å². The van der Waals surface area contributed by atoms with Gasteiger partial charge in [-0.1, -0.05) is 0 Å². The number of methoxy groups -OCH3 is 1. The van der Waals surface area contributed by atoms with E-state index in [9.17, 15) is 19.5 Å². The molecule has 26 heavy (non-hydrogen) atoms. The van der Waals surface area contributed by atoms with E-state index in [0.29, 0.717) is 40.4 Å². The summed E-state index contributed by atoms with van der Waals surface area (Å²) in [6, 6.07) is 4.91. The Labute approximate surface area is 154 Å². The van der Waals surface area contributed by atoms with E-state index >= 15 is 0 Å². The summed E-state index contributed by atoms with van der Waals surface area (Å²) in [5.41, 5.74) is -0.0694. The van der Waals surface area contributed by atoms with E-state index in [-0.39, 0.29) is 13.1 Å². The summed E-state index contributed by atoms with van der Waals surface area (Å²) in [6.07, 6.45) is 0.971. The fourth-order valence-electron chi connectivity index (χ4n) is 3.04. The third kappa shape index (κ3) is 3.61. The predicted octanol–water partition coefficient (Wildman–Crippen LogP) is 2.04. The lowest BCUT2D eigenvalue weighted by Crippen LogP contribution is -2.47. The standard InChI is InChI=1S/C18H19NO6S/c1-25-11-2-3-12-13(8-11)15(9-14(20)16(12)21)26-10-18(24)4-6-19(7-5-18)17(22)23/h2-3,8-9,24H,4-7,10H2,1H3,(H,22,23). The Morgan fingerprint density at radius 2 is 1.96 bits per heavy atom. The number of ketones is 2. The number of nitrogens with zero attached hydrogens (tertiary/aromatic N) is 1. The highest BCUT2D eigenvalue weighted by Crippen LogP contribution is 2.39. The summed E-state index contributed by atoms with van der Waals surface area (Å²) in [4.78, 5) is 36.9. The Kier molecular flexibility index (Phi) is 5.06. The van der Waals surface area contributed by atoms with Crippen LogP contribution in [0.15, 0.2) is 24.3 Å². The van der Waals surface area contributed by atoms with E-state index in [1.165, 1.54) is 29.8 Å². The largest absolute Gasteiger partial charge is 0.497 e. The molecule has 0 aromatic heterocycles. The number of amides is 1. The minimum Gasteiger partial charge on any atom is -0.497 e. The molecule has 1 heterocycles. The first kappa shape index (κ1) is 18.5. The van der Waals surface area contributed by atoms with E-state index in [4.69, 9.17) is 9.84 Å². The Bertz CT molecular complexity index is 795. The summed E-state index contributed by atoms with van der Waals surface area (Å²) in [7, 11) is 1.52. The van der Waals surface area contributed by atoms with Crippen molar-refractivity contribution in [3.63, 3.8) is 0 Å². The van der Waals surface area contributed by atoms with Gasteiger partial charge in [0.2, 0.25) is 11.6 Å². The number of fused-ring (bicyclic) bond motifs is 1. The fourth-order valence-corrected chi connectivity index (χ4v) is 4.26. The van der Waals surface area contributed by atoms with E-state index in [1.54, 1.807) is 18.2 Å². The molecule has 138 valence electrons. The Hall–Kier alpha value is -2.32. The third-order valence-electron chi connectivity index (χ3n) is 4.68. The normalized spacial score (nSPS) is 19.0. The zero-order valence-electron chi connectivity index (χ0n) is 14.2. The topological polar surface area (TPSA) is 104 Å². The van der Waals surface area contributed by atoms with E-state index < -0.39 is 23.3 Å². The molecule has 1 aromatic carbocycles. The number of rotatable bonds is 4. The third-order valence-corrected chi connectivity index (χ3v) is 6.01. The van der Waals surface area contributed by atoms with Gasteiger partial charge in [-0.25, -0.2) is 4.79 Å². The van der Waals surface area contributed by atoms with Crippen LogP contribution >= 0.6 is 11.8 Å². The number of hydrogen-bond donors (Lipinski definition) is 2. The molecule has 1 amide bonds. The highest BCUT2D eigenvalue weighted by Gasteiger charge is 2.35. The van der Waals surface area contributed by atoms with Gasteiger partial charge in [0.15, 0.2) is 0 Å². The molecule has 3 rings (SSSR count). The Balaban J connectivity index is 1.76. The molecule has 1 fully saturated rings. The first-order valence-electron chi connectivity index (χ1n) is 8.15. The van der Waals surface area contributed by atoms with E-state index in [2.05, 4.69) is 0 Å². The van der Waals surface area contributed by atoms with Crippen LogP contribution < -0.4 is 4.74 Å². The molecule has 0 radical (unpaired) electrons. The van der Waals surface area contributed by atoms with Crippen molar-refractivity contribution < 1.29 is 29.3 Å². The second-order valence-corrected chi connectivity index (χ2v) is 7.41. The molecule has 0 bridgehead atoms. The van der Waals surface area contributed by atoms with Crippen LogP contribution in [0.2, 0.25) is 0 Å². The lowest BCUT2D eigenvalue weighted by atomic mass is 9.94. The van der Waals surface area contributed by atoms with Crippen molar-refractivity contribution in [1.82, 2.24) is 4.90 Å². The SMILES string of the molecule is COc1ccc2c(c1)C(SCC1(O)CCN(C(=O)O)CC1)=CC(=O)C2=O. The number of carbonyl (C=O) groups excluding carboxylic acids is 2. The zero-order valence-corrected chi connectivity index (χ0v) is 15.0. The van der Waals surface area contributed by atoms with Gasteiger partial charge in [0.05, 0.1) is 12.7 Å². The molecule has 2 aliphatic rings. The number of ether oxygens (including phenoxy) is 1. The van der Waals surface area contributed by atoms with Crippen LogP contribution in [0.4, 0.5) is 4.79 Å². The van der Waals surface area contributed by atoms with Crippen molar-refractivity contribution in [3.8, 4) is 5.75 Å². The molecule has 0 saturated carbocycles. The summed E-state index contributed by atoms with van der Waals surface area (Å²) >= 11 is 1.30. The van der Waals surface area contributed by atoms with E-state index in [0.717, 1.165) is 0 Å². The predicted molar refractivity (Wildman–Crippen MR) is 96.5 cm³/mol. The van der Waals surface area contributed by atoms with Gasteiger partial charge in [-0.15, -0.1) is 11.8 Å². The molecule has 0 unspecified atom stereocenters. The molecular formula is C18H19NO6S. The molecule has 1 aliphatic heterocycles. The van der Waals surface area contributed by atoms with Gasteiger partial charge < -0.3 is 19.8 Å². The summed E-state index contributed by atoms with van der Waals surface area (Å²) in [5.74, 6) is -0.256. The highest BCUT2D eigenvalue weighted by molar-refractivity contribution is 8.08. The van der Waals surface area contributed by atoms with E-state index in [1.807, 2.05) is 0 Å². The first-order chi connectivity index (χ1) is 12.3. The second kappa shape index (κ2) is 7.13. The number of Topliss-reactive ketones (excluding diaryl/α,β-unsaturated/α-hetero) is 1. The van der Waals surface area contributed by atoms with Gasteiger partial charge in [0.25, 0.3) is 0 Å². The van der Waals surface area contributed by atoms with Gasteiger partial charge >= 0.3 is 6.09 Å². The fraction of sp³-hybridized carbons (Fsp3) is 0.389. The quantitative estimate of drug-likeness (QED) is 0.774. The maximum atomic E-state index is 12.1. The monoisotopic (exact) mass is 377 g/mol. The number of benzene rings is 1. The minimum atomic E-state index is -1.01. The van der Waals surface area contributed by atoms with Crippen LogP contribution in [0, 0.1) is 0 Å². The van der Waals surface area contributed by atoms with Crippen LogP contribution in [-0.2, 0) is 4.79 Å². The summed E-state index contributed by atoms with van der Waals surface area (Å²) < 4.78 is 5.20. The van der Waals surface area contributed by atoms with Gasteiger partial charge in [-0.2, -0.15) is 0 Å². The van der Waals surface area contributed by atoms with Crippen molar-refractivity contribution in [3.05, 3.63) is 35.4 Å². The molecule has 1 aromatic rings. The molecule has 1 saturated heterocycles. The van der Waals surface area contributed by atoms with Gasteiger partial charge in [-0.3, -0.25) is 9.59 Å². The lowest BCUT2D eigenvalue weighted by molar-refractivity contribution is -0.110. The van der Waals surface area contributed by atoms with Gasteiger partial charge in [-0.05, 0) is 31.0 Å². The average Bonchev–Trinajstić information content (AvgIpc) is 2.63. The number of thioether (sulfide) groups is 1. The van der Waals surface area contributed by atoms with Crippen molar-refractivity contribution in [2.75, 3.05) is 26.0 Å². The number of likely N-dealkylation sites (tertiary alicyclic amines) is 1. The zero-order chi connectivity index (χ0) is 18.9. The van der Waals surface area contributed by atoms with Crippen molar-refractivity contribution in [2.45, 2.75) is 18.4 Å². The molecule has 0 atom stereocenters.